The van der Waals surface area contributed by atoms with E-state index in [9.17, 15) is 4.39 Å². The van der Waals surface area contributed by atoms with Gasteiger partial charge in [-0.15, -0.1) is 0 Å². The number of amidine groups is 1. The average molecular weight is 223 g/mol. The minimum Gasteiger partial charge on any atom is -0.383 e. The summed E-state index contributed by atoms with van der Waals surface area (Å²) >= 11 is 0. The molecule has 0 saturated heterocycles. The highest BCUT2D eigenvalue weighted by Gasteiger charge is 2.13. The molecule has 0 radical (unpaired) electrons. The van der Waals surface area contributed by atoms with Gasteiger partial charge in [0.05, 0.1) is 11.9 Å². The van der Waals surface area contributed by atoms with Gasteiger partial charge in [0.25, 0.3) is 0 Å². The zero-order valence-corrected chi connectivity index (χ0v) is 9.76. The van der Waals surface area contributed by atoms with Crippen LogP contribution in [0.4, 0.5) is 4.39 Å². The number of aliphatic imine (C=N–C) groups is 1. The Morgan fingerprint density at radius 3 is 2.69 bits per heavy atom. The first-order valence-electron chi connectivity index (χ1n) is 5.45. The molecule has 0 bridgehead atoms. The van der Waals surface area contributed by atoms with Gasteiger partial charge in [-0.2, -0.15) is 0 Å². The fourth-order valence-corrected chi connectivity index (χ4v) is 1.42. The molecule has 0 aliphatic carbocycles. The molecule has 0 saturated carbocycles. The van der Waals surface area contributed by atoms with E-state index in [0.29, 0.717) is 11.3 Å². The summed E-state index contributed by atoms with van der Waals surface area (Å²) in [5.41, 5.74) is 6.50. The standard InChI is InChI=1S/C12H18FN3/c1-4-9(5-2)16-11-6-8(3)12(14)15-7-10(11)13/h6-7,9,16H,3-5H2,1-2H3,(H2,14,15). The second-order valence-electron chi connectivity index (χ2n) is 3.73. The second-order valence-corrected chi connectivity index (χ2v) is 3.73. The van der Waals surface area contributed by atoms with Gasteiger partial charge in [0.1, 0.15) is 5.84 Å². The molecule has 4 heteroatoms. The van der Waals surface area contributed by atoms with E-state index in [-0.39, 0.29) is 11.9 Å². The van der Waals surface area contributed by atoms with Crippen LogP contribution in [0.15, 0.2) is 40.9 Å². The van der Waals surface area contributed by atoms with Crippen molar-refractivity contribution < 1.29 is 4.39 Å². The molecular weight excluding hydrogens is 205 g/mol. The van der Waals surface area contributed by atoms with Crippen molar-refractivity contribution in [1.29, 1.82) is 0 Å². The van der Waals surface area contributed by atoms with Crippen LogP contribution in [0.3, 0.4) is 0 Å². The molecule has 0 amide bonds. The molecule has 0 spiro atoms. The molecule has 1 aliphatic heterocycles. The van der Waals surface area contributed by atoms with Crippen LogP contribution in [-0.4, -0.2) is 11.9 Å². The van der Waals surface area contributed by atoms with E-state index < -0.39 is 5.83 Å². The van der Waals surface area contributed by atoms with E-state index in [1.807, 2.05) is 0 Å². The predicted molar refractivity (Wildman–Crippen MR) is 65.5 cm³/mol. The maximum atomic E-state index is 13.6. The normalized spacial score (nSPS) is 16.5. The third-order valence-electron chi connectivity index (χ3n) is 2.57. The largest absolute Gasteiger partial charge is 0.383 e. The van der Waals surface area contributed by atoms with E-state index in [2.05, 4.69) is 30.7 Å². The molecule has 1 aliphatic rings. The summed E-state index contributed by atoms with van der Waals surface area (Å²) in [4.78, 5) is 3.76. The van der Waals surface area contributed by atoms with Gasteiger partial charge in [0.2, 0.25) is 0 Å². The molecular formula is C12H18FN3. The highest BCUT2D eigenvalue weighted by molar-refractivity contribution is 5.99. The first kappa shape index (κ1) is 12.5. The maximum Gasteiger partial charge on any atom is 0.164 e. The zero-order chi connectivity index (χ0) is 12.1. The quantitative estimate of drug-likeness (QED) is 0.768. The Balaban J connectivity index is 2.88. The van der Waals surface area contributed by atoms with E-state index in [1.165, 1.54) is 0 Å². The van der Waals surface area contributed by atoms with Gasteiger partial charge in [-0.25, -0.2) is 9.38 Å². The highest BCUT2D eigenvalue weighted by Crippen LogP contribution is 2.16. The first-order chi connectivity index (χ1) is 7.58. The molecule has 0 atom stereocenters. The lowest BCUT2D eigenvalue weighted by Crippen LogP contribution is -2.27. The average Bonchev–Trinajstić information content (AvgIpc) is 2.40. The van der Waals surface area contributed by atoms with E-state index in [1.54, 1.807) is 6.08 Å². The van der Waals surface area contributed by atoms with Crippen LogP contribution >= 0.6 is 0 Å². The molecule has 0 aromatic carbocycles. The Morgan fingerprint density at radius 2 is 2.12 bits per heavy atom. The topological polar surface area (TPSA) is 50.4 Å². The van der Waals surface area contributed by atoms with Crippen LogP contribution in [0.1, 0.15) is 26.7 Å². The number of hydrogen-bond donors (Lipinski definition) is 2. The van der Waals surface area contributed by atoms with Gasteiger partial charge in [-0.05, 0) is 18.9 Å². The summed E-state index contributed by atoms with van der Waals surface area (Å²) in [5.74, 6) is -0.162. The van der Waals surface area contributed by atoms with Crippen LogP contribution in [-0.2, 0) is 0 Å². The lowest BCUT2D eigenvalue weighted by Gasteiger charge is -2.17. The van der Waals surface area contributed by atoms with E-state index >= 15 is 0 Å². The Hall–Kier alpha value is -1.58. The summed E-state index contributed by atoms with van der Waals surface area (Å²) in [6.07, 6.45) is 4.58. The Kier molecular flexibility index (Phi) is 4.28. The lowest BCUT2D eigenvalue weighted by molar-refractivity contribution is 0.513. The van der Waals surface area contributed by atoms with Crippen molar-refractivity contribution in [1.82, 2.24) is 5.32 Å². The molecule has 0 aromatic rings. The fourth-order valence-electron chi connectivity index (χ4n) is 1.42. The van der Waals surface area contributed by atoms with Crippen LogP contribution in [0.5, 0.6) is 0 Å². The van der Waals surface area contributed by atoms with Gasteiger partial charge >= 0.3 is 0 Å². The molecule has 0 fully saturated rings. The van der Waals surface area contributed by atoms with Gasteiger partial charge in [-0.1, -0.05) is 20.4 Å². The Bertz CT molecular complexity index is 362. The smallest absolute Gasteiger partial charge is 0.164 e. The number of rotatable bonds is 4. The molecule has 16 heavy (non-hydrogen) atoms. The van der Waals surface area contributed by atoms with Gasteiger partial charge in [-0.3, -0.25) is 0 Å². The predicted octanol–water partition coefficient (Wildman–Crippen LogP) is 2.39. The number of allylic oxidation sites excluding steroid dienone is 1. The van der Waals surface area contributed by atoms with Crippen molar-refractivity contribution in [3.05, 3.63) is 36.0 Å². The number of nitrogens with zero attached hydrogens (tertiary/aromatic N) is 1. The number of nitrogens with one attached hydrogen (secondary N) is 1. The molecule has 0 unspecified atom stereocenters. The summed E-state index contributed by atoms with van der Waals surface area (Å²) in [7, 11) is 0. The minimum absolute atomic E-state index is 0.247. The van der Waals surface area contributed by atoms with Crippen molar-refractivity contribution in [2.75, 3.05) is 0 Å². The lowest BCUT2D eigenvalue weighted by atomic mass is 10.1. The summed E-state index contributed by atoms with van der Waals surface area (Å²) in [6.45, 7) is 7.84. The minimum atomic E-state index is -0.409. The van der Waals surface area contributed by atoms with Crippen molar-refractivity contribution in [3.63, 3.8) is 0 Å². The van der Waals surface area contributed by atoms with Crippen LogP contribution in [0, 0.1) is 0 Å². The van der Waals surface area contributed by atoms with Crippen molar-refractivity contribution in [2.24, 2.45) is 10.7 Å². The first-order valence-corrected chi connectivity index (χ1v) is 5.45. The van der Waals surface area contributed by atoms with Crippen molar-refractivity contribution in [3.8, 4) is 0 Å². The van der Waals surface area contributed by atoms with E-state index in [4.69, 9.17) is 5.73 Å². The third-order valence-corrected chi connectivity index (χ3v) is 2.57. The van der Waals surface area contributed by atoms with Crippen LogP contribution < -0.4 is 11.1 Å². The Labute approximate surface area is 95.6 Å². The molecule has 1 heterocycles. The Morgan fingerprint density at radius 1 is 1.50 bits per heavy atom. The third kappa shape index (κ3) is 2.95. The summed E-state index contributed by atoms with van der Waals surface area (Å²) in [6, 6.07) is 0.248. The SMILES string of the molecule is C=C1C=C(NC(CC)CC)C(F)=CN=C1N. The highest BCUT2D eigenvalue weighted by atomic mass is 19.1. The van der Waals surface area contributed by atoms with Crippen molar-refractivity contribution >= 4 is 5.84 Å². The molecule has 88 valence electrons. The molecule has 1 rings (SSSR count). The number of nitrogens with two attached hydrogens (primary N) is 1. The summed E-state index contributed by atoms with van der Waals surface area (Å²) < 4.78 is 13.6. The molecule has 3 N–H and O–H groups in total. The van der Waals surface area contributed by atoms with E-state index in [0.717, 1.165) is 19.0 Å². The number of hydrogen-bond acceptors (Lipinski definition) is 3. The monoisotopic (exact) mass is 223 g/mol. The fraction of sp³-hybridized carbons (Fsp3) is 0.417. The van der Waals surface area contributed by atoms with Gasteiger partial charge in [0.15, 0.2) is 5.83 Å². The van der Waals surface area contributed by atoms with Crippen molar-refractivity contribution in [2.45, 2.75) is 32.7 Å². The van der Waals surface area contributed by atoms with Crippen LogP contribution in [0.2, 0.25) is 0 Å². The molecule has 0 aromatic heterocycles. The maximum absolute atomic E-state index is 13.6. The van der Waals surface area contributed by atoms with Crippen LogP contribution in [0.25, 0.3) is 0 Å². The van der Waals surface area contributed by atoms with Gasteiger partial charge < -0.3 is 11.1 Å². The molecule has 3 nitrogen and oxygen atoms in total. The second kappa shape index (κ2) is 5.49. The van der Waals surface area contributed by atoms with Gasteiger partial charge in [0, 0.05) is 11.6 Å². The number of halogens is 1. The summed E-state index contributed by atoms with van der Waals surface area (Å²) in [5, 5.41) is 3.12. The zero-order valence-electron chi connectivity index (χ0n) is 9.76.